The van der Waals surface area contributed by atoms with Crippen LogP contribution in [0.1, 0.15) is 44.9 Å². The van der Waals surface area contributed by atoms with Crippen LogP contribution in [0.25, 0.3) is 0 Å². The molecule has 0 aliphatic carbocycles. The second-order valence-electron chi connectivity index (χ2n) is 6.17. The van der Waals surface area contributed by atoms with Crippen LogP contribution in [0.3, 0.4) is 0 Å². The number of fused-ring (bicyclic) bond motifs is 1. The molecular formula is C15H22N2O3. The molecule has 20 heavy (non-hydrogen) atoms. The number of anilines is 1. The van der Waals surface area contributed by atoms with E-state index in [1.54, 1.807) is 11.0 Å². The van der Waals surface area contributed by atoms with Gasteiger partial charge in [-0.1, -0.05) is 6.07 Å². The summed E-state index contributed by atoms with van der Waals surface area (Å²) in [6.45, 7) is 8.03. The van der Waals surface area contributed by atoms with Gasteiger partial charge in [0.25, 0.3) is 0 Å². The van der Waals surface area contributed by atoms with Gasteiger partial charge in [-0.05, 0) is 51.3 Å². The second-order valence-corrected chi connectivity index (χ2v) is 6.17. The first-order valence-electron chi connectivity index (χ1n) is 6.80. The first-order chi connectivity index (χ1) is 9.20. The van der Waals surface area contributed by atoms with E-state index in [1.807, 2.05) is 33.8 Å². The molecule has 3 N–H and O–H groups in total. The minimum atomic E-state index is -0.509. The SMILES string of the molecule is CC1c2ccc(O)c(N)c2CCN1C(=O)OC(C)(C)C. The van der Waals surface area contributed by atoms with Crippen molar-refractivity contribution in [2.24, 2.45) is 0 Å². The summed E-state index contributed by atoms with van der Waals surface area (Å²) in [6.07, 6.45) is 0.307. The monoisotopic (exact) mass is 278 g/mol. The quantitative estimate of drug-likeness (QED) is 0.565. The lowest BCUT2D eigenvalue weighted by molar-refractivity contribution is 0.0160. The van der Waals surface area contributed by atoms with Crippen LogP contribution < -0.4 is 5.73 Å². The van der Waals surface area contributed by atoms with Crippen molar-refractivity contribution in [2.45, 2.75) is 45.8 Å². The third kappa shape index (κ3) is 2.66. The number of carbonyl (C=O) groups is 1. The van der Waals surface area contributed by atoms with Crippen molar-refractivity contribution in [3.8, 4) is 5.75 Å². The summed E-state index contributed by atoms with van der Waals surface area (Å²) in [7, 11) is 0. The maximum absolute atomic E-state index is 12.2. The summed E-state index contributed by atoms with van der Waals surface area (Å²) in [5, 5.41) is 9.66. The van der Waals surface area contributed by atoms with E-state index in [9.17, 15) is 9.90 Å². The normalized spacial score (nSPS) is 18.6. The van der Waals surface area contributed by atoms with Crippen molar-refractivity contribution in [3.05, 3.63) is 23.3 Å². The average Bonchev–Trinajstić information content (AvgIpc) is 2.32. The zero-order valence-electron chi connectivity index (χ0n) is 12.4. The molecule has 1 aromatic rings. The van der Waals surface area contributed by atoms with Crippen molar-refractivity contribution < 1.29 is 14.6 Å². The predicted molar refractivity (Wildman–Crippen MR) is 77.6 cm³/mol. The van der Waals surface area contributed by atoms with Gasteiger partial charge in [-0.15, -0.1) is 0 Å². The number of rotatable bonds is 0. The van der Waals surface area contributed by atoms with E-state index >= 15 is 0 Å². The van der Waals surface area contributed by atoms with Gasteiger partial charge in [0, 0.05) is 6.54 Å². The number of ether oxygens (including phenoxy) is 1. The van der Waals surface area contributed by atoms with Crippen LogP contribution in [-0.2, 0) is 11.2 Å². The Kier molecular flexibility index (Phi) is 3.54. The number of amides is 1. The first-order valence-corrected chi connectivity index (χ1v) is 6.80. The number of nitrogens with zero attached hydrogens (tertiary/aromatic N) is 1. The summed E-state index contributed by atoms with van der Waals surface area (Å²) >= 11 is 0. The number of aromatic hydroxyl groups is 1. The van der Waals surface area contributed by atoms with Gasteiger partial charge in [-0.3, -0.25) is 0 Å². The van der Waals surface area contributed by atoms with Gasteiger partial charge >= 0.3 is 6.09 Å². The smallest absolute Gasteiger partial charge is 0.410 e. The standard InChI is InChI=1S/C15H22N2O3/c1-9-10-5-6-12(18)13(16)11(10)7-8-17(9)14(19)20-15(2,3)4/h5-6,9,18H,7-8,16H2,1-4H3. The number of carbonyl (C=O) groups excluding carboxylic acids is 1. The van der Waals surface area contributed by atoms with Crippen molar-refractivity contribution in [1.29, 1.82) is 0 Å². The largest absolute Gasteiger partial charge is 0.506 e. The number of phenolic OH excluding ortho intramolecular Hbond substituents is 1. The summed E-state index contributed by atoms with van der Waals surface area (Å²) in [5.74, 6) is 0.0988. The van der Waals surface area contributed by atoms with Crippen molar-refractivity contribution in [1.82, 2.24) is 4.90 Å². The topological polar surface area (TPSA) is 75.8 Å². The summed E-state index contributed by atoms with van der Waals surface area (Å²) in [6, 6.07) is 3.28. The molecule has 1 aromatic carbocycles. The highest BCUT2D eigenvalue weighted by Gasteiger charge is 2.32. The molecule has 0 saturated carbocycles. The fourth-order valence-electron chi connectivity index (χ4n) is 2.50. The fraction of sp³-hybridized carbons (Fsp3) is 0.533. The number of benzene rings is 1. The molecule has 0 radical (unpaired) electrons. The molecule has 0 fully saturated rings. The Labute approximate surface area is 119 Å². The molecule has 0 aromatic heterocycles. The van der Waals surface area contributed by atoms with Gasteiger partial charge in [-0.25, -0.2) is 4.79 Å². The zero-order chi connectivity index (χ0) is 15.1. The Hall–Kier alpha value is -1.91. The van der Waals surface area contributed by atoms with E-state index < -0.39 is 5.60 Å². The van der Waals surface area contributed by atoms with E-state index in [0.29, 0.717) is 18.7 Å². The molecule has 1 atom stereocenters. The van der Waals surface area contributed by atoms with Gasteiger partial charge in [0.15, 0.2) is 0 Å². The van der Waals surface area contributed by atoms with Crippen molar-refractivity contribution in [3.63, 3.8) is 0 Å². The van der Waals surface area contributed by atoms with Crippen molar-refractivity contribution >= 4 is 11.8 Å². The molecule has 0 saturated heterocycles. The highest BCUT2D eigenvalue weighted by Crippen LogP contribution is 2.37. The fourth-order valence-corrected chi connectivity index (χ4v) is 2.50. The number of hydrogen-bond donors (Lipinski definition) is 2. The van der Waals surface area contributed by atoms with E-state index in [1.165, 1.54) is 0 Å². The van der Waals surface area contributed by atoms with Crippen LogP contribution in [0.15, 0.2) is 12.1 Å². The van der Waals surface area contributed by atoms with Gasteiger partial charge < -0.3 is 20.5 Å². The Bertz CT molecular complexity index is 535. The third-order valence-corrected chi connectivity index (χ3v) is 3.52. The Balaban J connectivity index is 2.26. The molecule has 2 rings (SSSR count). The first kappa shape index (κ1) is 14.5. The molecule has 5 nitrogen and oxygen atoms in total. The van der Waals surface area contributed by atoms with Crippen LogP contribution in [0.2, 0.25) is 0 Å². The van der Waals surface area contributed by atoms with E-state index in [-0.39, 0.29) is 17.9 Å². The van der Waals surface area contributed by atoms with Crippen LogP contribution in [-0.4, -0.2) is 28.2 Å². The Morgan fingerprint density at radius 2 is 2.10 bits per heavy atom. The minimum Gasteiger partial charge on any atom is -0.506 e. The molecule has 0 bridgehead atoms. The number of nitrogen functional groups attached to an aromatic ring is 1. The van der Waals surface area contributed by atoms with E-state index in [4.69, 9.17) is 10.5 Å². The molecule has 5 heteroatoms. The Morgan fingerprint density at radius 3 is 2.70 bits per heavy atom. The number of hydrogen-bond acceptors (Lipinski definition) is 4. The lowest BCUT2D eigenvalue weighted by atomic mass is 9.92. The van der Waals surface area contributed by atoms with E-state index in [0.717, 1.165) is 11.1 Å². The molecule has 110 valence electrons. The molecule has 1 aliphatic heterocycles. The number of phenols is 1. The van der Waals surface area contributed by atoms with Crippen molar-refractivity contribution in [2.75, 3.05) is 12.3 Å². The van der Waals surface area contributed by atoms with Crippen LogP contribution in [0.4, 0.5) is 10.5 Å². The predicted octanol–water partition coefficient (Wildman–Crippen LogP) is 2.83. The molecule has 1 aliphatic rings. The maximum Gasteiger partial charge on any atom is 0.410 e. The lowest BCUT2D eigenvalue weighted by Crippen LogP contribution is -2.42. The number of nitrogens with two attached hydrogens (primary N) is 1. The van der Waals surface area contributed by atoms with Gasteiger partial charge in [0.05, 0.1) is 11.7 Å². The summed E-state index contributed by atoms with van der Waals surface area (Å²) in [5.41, 5.74) is 7.71. The molecular weight excluding hydrogens is 256 g/mol. The highest BCUT2D eigenvalue weighted by atomic mass is 16.6. The lowest BCUT2D eigenvalue weighted by Gasteiger charge is -2.36. The minimum absolute atomic E-state index is 0.0988. The van der Waals surface area contributed by atoms with Crippen LogP contribution in [0, 0.1) is 0 Å². The van der Waals surface area contributed by atoms with E-state index in [2.05, 4.69) is 0 Å². The van der Waals surface area contributed by atoms with Crippen LogP contribution >= 0.6 is 0 Å². The Morgan fingerprint density at radius 1 is 1.45 bits per heavy atom. The van der Waals surface area contributed by atoms with Gasteiger partial charge in [-0.2, -0.15) is 0 Å². The third-order valence-electron chi connectivity index (χ3n) is 3.52. The molecule has 1 unspecified atom stereocenters. The highest BCUT2D eigenvalue weighted by molar-refractivity contribution is 5.71. The second kappa shape index (κ2) is 4.89. The van der Waals surface area contributed by atoms with Gasteiger partial charge in [0.2, 0.25) is 0 Å². The molecule has 1 amide bonds. The molecule has 0 spiro atoms. The summed E-state index contributed by atoms with van der Waals surface area (Å²) < 4.78 is 5.42. The van der Waals surface area contributed by atoms with Crippen LogP contribution in [0.5, 0.6) is 5.75 Å². The molecule has 1 heterocycles. The average molecular weight is 278 g/mol. The zero-order valence-corrected chi connectivity index (χ0v) is 12.4. The maximum atomic E-state index is 12.2. The summed E-state index contributed by atoms with van der Waals surface area (Å²) in [4.78, 5) is 13.9. The van der Waals surface area contributed by atoms with Gasteiger partial charge in [0.1, 0.15) is 11.4 Å².